The first-order valence-electron chi connectivity index (χ1n) is 6.57. The van der Waals surface area contributed by atoms with Gasteiger partial charge in [-0.1, -0.05) is 54.3 Å². The normalized spacial score (nSPS) is 15.2. The minimum Gasteiger partial charge on any atom is -0.289 e. The average molecular weight is 337 g/mol. The van der Waals surface area contributed by atoms with Gasteiger partial charge in [-0.2, -0.15) is 10.5 Å². The van der Waals surface area contributed by atoms with E-state index in [9.17, 15) is 4.79 Å². The predicted molar refractivity (Wildman–Crippen MR) is 95.7 cm³/mol. The number of amides is 1. The molecule has 0 atom stereocenters. The second kappa shape index (κ2) is 7.55. The molecule has 1 aromatic carbocycles. The summed E-state index contributed by atoms with van der Waals surface area (Å²) in [5.74, 6) is -0.125. The number of rotatable bonds is 4. The summed E-state index contributed by atoms with van der Waals surface area (Å²) >= 11 is 6.44. The molecule has 0 saturated carbocycles. The van der Waals surface area contributed by atoms with Crippen molar-refractivity contribution in [3.63, 3.8) is 0 Å². The Morgan fingerprint density at radius 3 is 2.43 bits per heavy atom. The van der Waals surface area contributed by atoms with Crippen molar-refractivity contribution >= 4 is 46.4 Å². The summed E-state index contributed by atoms with van der Waals surface area (Å²) in [6.07, 6.45) is 4.91. The highest BCUT2D eigenvalue weighted by Crippen LogP contribution is 2.32. The Labute approximate surface area is 144 Å². The van der Waals surface area contributed by atoms with Crippen LogP contribution in [-0.4, -0.2) is 21.7 Å². The number of carbonyl (C=O) groups is 1. The second-order valence-corrected chi connectivity index (χ2v) is 6.21. The zero-order valence-electron chi connectivity index (χ0n) is 12.0. The third-order valence-corrected chi connectivity index (χ3v) is 4.35. The molecule has 1 amide bonds. The Balaban J connectivity index is 2.22. The van der Waals surface area contributed by atoms with Crippen molar-refractivity contribution < 1.29 is 4.79 Å². The van der Waals surface area contributed by atoms with Gasteiger partial charge < -0.3 is 0 Å². The lowest BCUT2D eigenvalue weighted by atomic mass is 10.1. The van der Waals surface area contributed by atoms with Crippen LogP contribution in [0.1, 0.15) is 11.1 Å². The summed E-state index contributed by atoms with van der Waals surface area (Å²) in [6, 6.07) is 10.8. The van der Waals surface area contributed by atoms with Crippen molar-refractivity contribution in [2.24, 2.45) is 0 Å². The Bertz CT molecular complexity index is 792. The van der Waals surface area contributed by atoms with Crippen molar-refractivity contribution in [2.75, 3.05) is 6.54 Å². The van der Waals surface area contributed by atoms with Gasteiger partial charge in [-0.3, -0.25) is 9.69 Å². The van der Waals surface area contributed by atoms with Crippen LogP contribution < -0.4 is 0 Å². The molecule has 23 heavy (non-hydrogen) atoms. The van der Waals surface area contributed by atoms with Crippen LogP contribution in [0.3, 0.4) is 0 Å². The van der Waals surface area contributed by atoms with Crippen LogP contribution in [0.4, 0.5) is 0 Å². The van der Waals surface area contributed by atoms with E-state index in [2.05, 4.69) is 6.58 Å². The number of nitrogens with zero attached hydrogens (tertiary/aromatic N) is 3. The van der Waals surface area contributed by atoms with E-state index in [-0.39, 0.29) is 11.5 Å². The molecule has 0 radical (unpaired) electrons. The Kier molecular flexibility index (Phi) is 5.48. The number of carbonyl (C=O) groups excluding carboxylic acids is 1. The SMILES string of the molecule is C=CCN1C(=O)C(=Cc2ccc(C=C(C#N)C#N)cc2)SC1=S. The first-order valence-corrected chi connectivity index (χ1v) is 7.79. The van der Waals surface area contributed by atoms with Crippen LogP contribution in [0.5, 0.6) is 0 Å². The molecule has 1 aliphatic rings. The van der Waals surface area contributed by atoms with E-state index in [1.807, 2.05) is 24.3 Å². The Hall–Kier alpha value is -2.67. The molecule has 112 valence electrons. The molecular weight excluding hydrogens is 326 g/mol. The number of hydrogen-bond acceptors (Lipinski definition) is 5. The van der Waals surface area contributed by atoms with Crippen molar-refractivity contribution in [2.45, 2.75) is 0 Å². The van der Waals surface area contributed by atoms with E-state index in [1.165, 1.54) is 22.7 Å². The summed E-state index contributed by atoms with van der Waals surface area (Å²) in [5, 5.41) is 17.5. The molecular formula is C17H11N3OS2. The molecule has 0 bridgehead atoms. The van der Waals surface area contributed by atoms with E-state index in [4.69, 9.17) is 22.7 Å². The van der Waals surface area contributed by atoms with Crippen LogP contribution in [0.2, 0.25) is 0 Å². The van der Waals surface area contributed by atoms with Gasteiger partial charge in [0.25, 0.3) is 5.91 Å². The van der Waals surface area contributed by atoms with Crippen molar-refractivity contribution in [1.29, 1.82) is 10.5 Å². The predicted octanol–water partition coefficient (Wildman–Crippen LogP) is 3.50. The molecule has 0 unspecified atom stereocenters. The van der Waals surface area contributed by atoms with Crippen molar-refractivity contribution in [3.8, 4) is 12.1 Å². The number of thiocarbonyl (C=S) groups is 1. The zero-order valence-corrected chi connectivity index (χ0v) is 13.7. The van der Waals surface area contributed by atoms with Gasteiger partial charge in [0, 0.05) is 6.54 Å². The summed E-state index contributed by atoms with van der Waals surface area (Å²) in [4.78, 5) is 14.3. The van der Waals surface area contributed by atoms with E-state index >= 15 is 0 Å². The van der Waals surface area contributed by atoms with E-state index < -0.39 is 0 Å². The fourth-order valence-corrected chi connectivity index (χ4v) is 3.16. The fraction of sp³-hybridized carbons (Fsp3) is 0.0588. The molecule has 1 heterocycles. The highest BCUT2D eigenvalue weighted by Gasteiger charge is 2.30. The van der Waals surface area contributed by atoms with Crippen LogP contribution in [0.15, 0.2) is 47.4 Å². The number of nitriles is 2. The van der Waals surface area contributed by atoms with Crippen molar-refractivity contribution in [1.82, 2.24) is 4.90 Å². The lowest BCUT2D eigenvalue weighted by molar-refractivity contribution is -0.121. The monoisotopic (exact) mass is 337 g/mol. The van der Waals surface area contributed by atoms with Crippen molar-refractivity contribution in [3.05, 3.63) is 58.5 Å². The molecule has 6 heteroatoms. The average Bonchev–Trinajstić information content (AvgIpc) is 2.82. The van der Waals surface area contributed by atoms with E-state index in [0.717, 1.165) is 11.1 Å². The summed E-state index contributed by atoms with van der Waals surface area (Å²) in [5.41, 5.74) is 1.64. The molecule has 0 aromatic heterocycles. The summed E-state index contributed by atoms with van der Waals surface area (Å²) in [6.45, 7) is 4.02. The standard InChI is InChI=1S/C17H11N3OS2/c1-2-7-20-16(21)15(23-17(20)22)9-13-5-3-12(4-6-13)8-14(10-18)11-19/h2-6,8-9H,1,7H2. The fourth-order valence-electron chi connectivity index (χ4n) is 1.88. The minimum absolute atomic E-state index is 0.0445. The largest absolute Gasteiger partial charge is 0.289 e. The van der Waals surface area contributed by atoms with Crippen LogP contribution >= 0.6 is 24.0 Å². The van der Waals surface area contributed by atoms with Crippen LogP contribution in [0, 0.1) is 22.7 Å². The molecule has 1 fully saturated rings. The van der Waals surface area contributed by atoms with Gasteiger partial charge in [0.2, 0.25) is 0 Å². The molecule has 0 N–H and O–H groups in total. The third-order valence-electron chi connectivity index (χ3n) is 2.97. The van der Waals surface area contributed by atoms with Gasteiger partial charge in [-0.05, 0) is 23.3 Å². The van der Waals surface area contributed by atoms with Gasteiger partial charge in [0.1, 0.15) is 22.0 Å². The molecule has 1 saturated heterocycles. The number of hydrogen-bond donors (Lipinski definition) is 0. The van der Waals surface area contributed by atoms with Gasteiger partial charge in [0.15, 0.2) is 0 Å². The third kappa shape index (κ3) is 3.95. The smallest absolute Gasteiger partial charge is 0.266 e. The quantitative estimate of drug-likeness (QED) is 0.364. The minimum atomic E-state index is -0.125. The molecule has 1 aliphatic heterocycles. The maximum Gasteiger partial charge on any atom is 0.266 e. The topological polar surface area (TPSA) is 67.9 Å². The molecule has 2 rings (SSSR count). The summed E-state index contributed by atoms with van der Waals surface area (Å²) < 4.78 is 0.522. The number of benzene rings is 1. The highest BCUT2D eigenvalue weighted by atomic mass is 32.2. The first-order chi connectivity index (χ1) is 11.1. The molecule has 4 nitrogen and oxygen atoms in total. The van der Waals surface area contributed by atoms with Gasteiger partial charge in [-0.25, -0.2) is 0 Å². The lowest BCUT2D eigenvalue weighted by Crippen LogP contribution is -2.27. The zero-order chi connectivity index (χ0) is 16.8. The lowest BCUT2D eigenvalue weighted by Gasteiger charge is -2.10. The number of thioether (sulfide) groups is 1. The van der Waals surface area contributed by atoms with Gasteiger partial charge in [-0.15, -0.1) is 6.58 Å². The Morgan fingerprint density at radius 2 is 1.87 bits per heavy atom. The van der Waals surface area contributed by atoms with Crippen LogP contribution in [-0.2, 0) is 4.79 Å². The Morgan fingerprint density at radius 1 is 1.26 bits per heavy atom. The van der Waals surface area contributed by atoms with E-state index in [0.29, 0.717) is 15.8 Å². The molecule has 0 aliphatic carbocycles. The van der Waals surface area contributed by atoms with E-state index in [1.54, 1.807) is 24.3 Å². The summed E-state index contributed by atoms with van der Waals surface area (Å²) in [7, 11) is 0. The van der Waals surface area contributed by atoms with Crippen LogP contribution in [0.25, 0.3) is 12.2 Å². The van der Waals surface area contributed by atoms with Gasteiger partial charge >= 0.3 is 0 Å². The highest BCUT2D eigenvalue weighted by molar-refractivity contribution is 8.26. The molecule has 0 spiro atoms. The maximum atomic E-state index is 12.2. The number of allylic oxidation sites excluding steroid dienone is 1. The second-order valence-electron chi connectivity index (χ2n) is 4.53. The first kappa shape index (κ1) is 16.7. The molecule has 1 aromatic rings. The maximum absolute atomic E-state index is 12.2. The van der Waals surface area contributed by atoms with Gasteiger partial charge in [0.05, 0.1) is 4.91 Å².